The van der Waals surface area contributed by atoms with E-state index in [9.17, 15) is 9.59 Å². The lowest BCUT2D eigenvalue weighted by Crippen LogP contribution is -2.28. The summed E-state index contributed by atoms with van der Waals surface area (Å²) in [6.07, 6.45) is 3.10. The molecule has 1 aliphatic heterocycles. The van der Waals surface area contributed by atoms with Crippen molar-refractivity contribution in [2.45, 2.75) is 45.1 Å². The Morgan fingerprint density at radius 3 is 2.62 bits per heavy atom. The van der Waals surface area contributed by atoms with Gasteiger partial charge in [-0.2, -0.15) is 0 Å². The fourth-order valence-corrected chi connectivity index (χ4v) is 3.40. The molecule has 2 N–H and O–H groups in total. The summed E-state index contributed by atoms with van der Waals surface area (Å²) in [4.78, 5) is 23.7. The highest BCUT2D eigenvalue weighted by molar-refractivity contribution is 5.94. The van der Waals surface area contributed by atoms with Gasteiger partial charge in [-0.05, 0) is 60.7 Å². The van der Waals surface area contributed by atoms with E-state index in [1.54, 1.807) is 7.11 Å². The quantitative estimate of drug-likeness (QED) is 0.628. The number of hydrogen-bond acceptors (Lipinski definition) is 4. The van der Waals surface area contributed by atoms with Crippen LogP contribution in [0.25, 0.3) is 0 Å². The number of ether oxygens (including phenoxy) is 2. The van der Waals surface area contributed by atoms with Crippen LogP contribution < -0.4 is 20.1 Å². The molecular formula is C23H28N2O4. The number of methoxy groups -OCH3 is 1. The van der Waals surface area contributed by atoms with Crippen molar-refractivity contribution >= 4 is 17.5 Å². The summed E-state index contributed by atoms with van der Waals surface area (Å²) in [6, 6.07) is 13.4. The normalized spacial score (nSPS) is 13.8. The van der Waals surface area contributed by atoms with E-state index in [4.69, 9.17) is 9.47 Å². The van der Waals surface area contributed by atoms with E-state index < -0.39 is 0 Å². The molecule has 0 saturated carbocycles. The monoisotopic (exact) mass is 396 g/mol. The lowest BCUT2D eigenvalue weighted by atomic mass is 10.0. The first-order chi connectivity index (χ1) is 14.1. The van der Waals surface area contributed by atoms with Crippen LogP contribution in [0.2, 0.25) is 0 Å². The highest BCUT2D eigenvalue weighted by Crippen LogP contribution is 2.27. The van der Waals surface area contributed by atoms with Gasteiger partial charge in [-0.25, -0.2) is 0 Å². The molecule has 6 nitrogen and oxygen atoms in total. The molecule has 0 fully saturated rings. The Bertz CT molecular complexity index is 848. The van der Waals surface area contributed by atoms with E-state index in [0.29, 0.717) is 25.9 Å². The van der Waals surface area contributed by atoms with Crippen LogP contribution in [0.1, 0.15) is 49.8 Å². The molecule has 1 atom stereocenters. The number of carbonyl (C=O) groups excluding carboxylic acids is 2. The van der Waals surface area contributed by atoms with Gasteiger partial charge in [-0.15, -0.1) is 0 Å². The smallest absolute Gasteiger partial charge is 0.224 e. The van der Waals surface area contributed by atoms with E-state index in [-0.39, 0.29) is 17.9 Å². The van der Waals surface area contributed by atoms with Crippen molar-refractivity contribution in [2.75, 3.05) is 19.0 Å². The maximum Gasteiger partial charge on any atom is 0.224 e. The first kappa shape index (κ1) is 20.7. The van der Waals surface area contributed by atoms with Crippen molar-refractivity contribution < 1.29 is 19.1 Å². The Labute approximate surface area is 171 Å². The lowest BCUT2D eigenvalue weighted by Gasteiger charge is -2.18. The van der Waals surface area contributed by atoms with Crippen molar-refractivity contribution in [2.24, 2.45) is 0 Å². The molecule has 0 aliphatic carbocycles. The number of nitrogens with one attached hydrogen (secondary N) is 2. The topological polar surface area (TPSA) is 76.7 Å². The summed E-state index contributed by atoms with van der Waals surface area (Å²) < 4.78 is 11.0. The fraction of sp³-hybridized carbons (Fsp3) is 0.391. The zero-order valence-corrected chi connectivity index (χ0v) is 17.0. The van der Waals surface area contributed by atoms with Gasteiger partial charge in [0.15, 0.2) is 0 Å². The largest absolute Gasteiger partial charge is 0.497 e. The number of anilines is 1. The highest BCUT2D eigenvalue weighted by Gasteiger charge is 2.15. The van der Waals surface area contributed by atoms with Crippen molar-refractivity contribution in [3.8, 4) is 11.5 Å². The molecule has 29 heavy (non-hydrogen) atoms. The van der Waals surface area contributed by atoms with Gasteiger partial charge in [0.25, 0.3) is 0 Å². The van der Waals surface area contributed by atoms with Gasteiger partial charge in [0.05, 0.1) is 19.8 Å². The van der Waals surface area contributed by atoms with Crippen LogP contribution in [-0.4, -0.2) is 25.5 Å². The maximum atomic E-state index is 12.3. The van der Waals surface area contributed by atoms with Gasteiger partial charge in [0.2, 0.25) is 11.8 Å². The lowest BCUT2D eigenvalue weighted by molar-refractivity contribution is -0.122. The number of benzene rings is 2. The second-order valence-corrected chi connectivity index (χ2v) is 7.12. The Kier molecular flexibility index (Phi) is 7.11. The molecule has 1 heterocycles. The number of carbonyl (C=O) groups is 2. The summed E-state index contributed by atoms with van der Waals surface area (Å²) in [5.41, 5.74) is 3.02. The number of fused-ring (bicyclic) bond motifs is 1. The fourth-order valence-electron chi connectivity index (χ4n) is 3.40. The van der Waals surface area contributed by atoms with Gasteiger partial charge in [0, 0.05) is 18.5 Å². The minimum atomic E-state index is -0.00909. The molecule has 2 amide bonds. The minimum Gasteiger partial charge on any atom is -0.497 e. The van der Waals surface area contributed by atoms with Crippen molar-refractivity contribution in [3.05, 3.63) is 53.6 Å². The summed E-state index contributed by atoms with van der Waals surface area (Å²) in [5, 5.41) is 5.95. The third kappa shape index (κ3) is 5.73. The van der Waals surface area contributed by atoms with Crippen LogP contribution in [-0.2, 0) is 16.0 Å². The number of hydrogen-bond donors (Lipinski definition) is 2. The molecule has 0 aromatic heterocycles. The first-order valence-electron chi connectivity index (χ1n) is 10.1. The molecule has 1 unspecified atom stereocenters. The molecule has 0 saturated heterocycles. The van der Waals surface area contributed by atoms with E-state index in [1.165, 1.54) is 0 Å². The van der Waals surface area contributed by atoms with E-state index in [2.05, 4.69) is 17.6 Å². The molecule has 3 rings (SSSR count). The average molecular weight is 396 g/mol. The SMILES string of the molecule is CCC(NC(=O)CCCOc1ccc2c(c1)CCC(=O)N2)c1ccc(OC)cc1. The van der Waals surface area contributed by atoms with Gasteiger partial charge < -0.3 is 20.1 Å². The third-order valence-corrected chi connectivity index (χ3v) is 5.05. The van der Waals surface area contributed by atoms with Crippen molar-refractivity contribution in [1.82, 2.24) is 5.32 Å². The molecule has 0 bridgehead atoms. The summed E-state index contributed by atoms with van der Waals surface area (Å²) in [5.74, 6) is 1.64. The summed E-state index contributed by atoms with van der Waals surface area (Å²) >= 11 is 0. The van der Waals surface area contributed by atoms with Crippen LogP contribution in [0.5, 0.6) is 11.5 Å². The zero-order chi connectivity index (χ0) is 20.6. The van der Waals surface area contributed by atoms with Crippen molar-refractivity contribution in [1.29, 1.82) is 0 Å². The van der Waals surface area contributed by atoms with Crippen LogP contribution in [0, 0.1) is 0 Å². The van der Waals surface area contributed by atoms with E-state index in [0.717, 1.165) is 41.2 Å². The Morgan fingerprint density at radius 1 is 1.14 bits per heavy atom. The van der Waals surface area contributed by atoms with Crippen LogP contribution in [0.15, 0.2) is 42.5 Å². The van der Waals surface area contributed by atoms with Gasteiger partial charge in [0.1, 0.15) is 11.5 Å². The van der Waals surface area contributed by atoms with Crippen LogP contribution >= 0.6 is 0 Å². The van der Waals surface area contributed by atoms with E-state index in [1.807, 2.05) is 42.5 Å². The molecule has 1 aliphatic rings. The molecule has 6 heteroatoms. The van der Waals surface area contributed by atoms with Gasteiger partial charge >= 0.3 is 0 Å². The van der Waals surface area contributed by atoms with Crippen LogP contribution in [0.3, 0.4) is 0 Å². The molecule has 2 aromatic rings. The number of rotatable bonds is 9. The van der Waals surface area contributed by atoms with Gasteiger partial charge in [-0.1, -0.05) is 19.1 Å². The predicted octanol–water partition coefficient (Wildman–Crippen LogP) is 4.01. The van der Waals surface area contributed by atoms with Crippen molar-refractivity contribution in [3.63, 3.8) is 0 Å². The third-order valence-electron chi connectivity index (χ3n) is 5.05. The molecule has 2 aromatic carbocycles. The molecule has 154 valence electrons. The summed E-state index contributed by atoms with van der Waals surface area (Å²) in [6.45, 7) is 2.52. The second-order valence-electron chi connectivity index (χ2n) is 7.12. The maximum absolute atomic E-state index is 12.3. The predicted molar refractivity (Wildman–Crippen MR) is 112 cm³/mol. The second kappa shape index (κ2) is 9.96. The van der Waals surface area contributed by atoms with Crippen LogP contribution in [0.4, 0.5) is 5.69 Å². The number of aryl methyl sites for hydroxylation is 1. The average Bonchev–Trinajstić information content (AvgIpc) is 2.75. The highest BCUT2D eigenvalue weighted by atomic mass is 16.5. The molecule has 0 spiro atoms. The Hall–Kier alpha value is -3.02. The summed E-state index contributed by atoms with van der Waals surface area (Å²) in [7, 11) is 1.64. The van der Waals surface area contributed by atoms with Gasteiger partial charge in [-0.3, -0.25) is 9.59 Å². The molecule has 0 radical (unpaired) electrons. The Balaban J connectivity index is 1.43. The minimum absolute atomic E-state index is 0.00909. The standard InChI is InChI=1S/C23H28N2O4/c1-3-20(16-6-9-18(28-2)10-7-16)24-22(26)5-4-14-29-19-11-12-21-17(15-19)8-13-23(27)25-21/h6-7,9-12,15,20H,3-5,8,13-14H2,1-2H3,(H,24,26)(H,25,27). The first-order valence-corrected chi connectivity index (χ1v) is 10.1. The number of amides is 2. The zero-order valence-electron chi connectivity index (χ0n) is 17.0. The van der Waals surface area contributed by atoms with E-state index >= 15 is 0 Å². The Morgan fingerprint density at radius 2 is 1.90 bits per heavy atom. The molecular weight excluding hydrogens is 368 g/mol.